The first kappa shape index (κ1) is 16.0. The zero-order valence-electron chi connectivity index (χ0n) is 13.7. The zero-order valence-corrected chi connectivity index (χ0v) is 13.7. The summed E-state index contributed by atoms with van der Waals surface area (Å²) in [6, 6.07) is 7.51. The molecule has 1 aliphatic heterocycles. The number of carbonyl (C=O) groups excluding carboxylic acids is 1. The van der Waals surface area contributed by atoms with Crippen molar-refractivity contribution < 1.29 is 14.3 Å². The molecule has 1 unspecified atom stereocenters. The largest absolute Gasteiger partial charge is 0.454 e. The maximum absolute atomic E-state index is 12.1. The van der Waals surface area contributed by atoms with Gasteiger partial charge in [-0.15, -0.1) is 0 Å². The summed E-state index contributed by atoms with van der Waals surface area (Å²) in [5.41, 5.74) is 1.38. The molecule has 2 heterocycles. The average Bonchev–Trinajstić information content (AvgIpc) is 3.07. The third-order valence-corrected chi connectivity index (χ3v) is 3.80. The third kappa shape index (κ3) is 3.73. The average molecular weight is 328 g/mol. The van der Waals surface area contributed by atoms with Gasteiger partial charge in [-0.3, -0.25) is 4.79 Å². The van der Waals surface area contributed by atoms with Gasteiger partial charge in [0.2, 0.25) is 6.79 Å². The predicted molar refractivity (Wildman–Crippen MR) is 89.1 cm³/mol. The fraction of sp³-hybridized carbons (Fsp3) is 0.353. The highest BCUT2D eigenvalue weighted by Crippen LogP contribution is 2.32. The standard InChI is InChI=1S/C17H20N4O3/c1-3-11(2)21-17(22)13-7-16(20-9-19-13)18-8-12-4-5-14-15(6-12)24-10-23-14/h4-7,9,11H,3,8,10H2,1-2H3,(H,21,22)(H,18,19,20). The molecule has 24 heavy (non-hydrogen) atoms. The Morgan fingerprint density at radius 3 is 2.92 bits per heavy atom. The first-order chi connectivity index (χ1) is 11.7. The van der Waals surface area contributed by atoms with Crippen LogP contribution in [0.15, 0.2) is 30.6 Å². The highest BCUT2D eigenvalue weighted by Gasteiger charge is 2.14. The molecule has 0 bridgehead atoms. The highest BCUT2D eigenvalue weighted by molar-refractivity contribution is 5.93. The molecule has 3 rings (SSSR count). The SMILES string of the molecule is CCC(C)NC(=O)c1cc(NCc2ccc3c(c2)OCO3)ncn1. The minimum Gasteiger partial charge on any atom is -0.454 e. The molecule has 0 radical (unpaired) electrons. The number of amides is 1. The summed E-state index contributed by atoms with van der Waals surface area (Å²) in [7, 11) is 0. The van der Waals surface area contributed by atoms with E-state index in [1.54, 1.807) is 6.07 Å². The first-order valence-corrected chi connectivity index (χ1v) is 7.91. The van der Waals surface area contributed by atoms with Crippen LogP contribution in [0, 0.1) is 0 Å². The molecule has 0 saturated heterocycles. The summed E-state index contributed by atoms with van der Waals surface area (Å²) < 4.78 is 10.7. The molecule has 7 heteroatoms. The lowest BCUT2D eigenvalue weighted by molar-refractivity contribution is 0.0934. The van der Waals surface area contributed by atoms with Crippen molar-refractivity contribution >= 4 is 11.7 Å². The van der Waals surface area contributed by atoms with E-state index >= 15 is 0 Å². The van der Waals surface area contributed by atoms with Crippen molar-refractivity contribution in [2.24, 2.45) is 0 Å². The minimum absolute atomic E-state index is 0.109. The molecule has 1 aromatic heterocycles. The molecular formula is C17H20N4O3. The fourth-order valence-electron chi connectivity index (χ4n) is 2.22. The van der Waals surface area contributed by atoms with Gasteiger partial charge in [0.15, 0.2) is 11.5 Å². The number of hydrogen-bond donors (Lipinski definition) is 2. The summed E-state index contributed by atoms with van der Waals surface area (Å²) in [4.78, 5) is 20.3. The van der Waals surface area contributed by atoms with Crippen LogP contribution in [-0.2, 0) is 6.54 Å². The van der Waals surface area contributed by atoms with Gasteiger partial charge < -0.3 is 20.1 Å². The van der Waals surface area contributed by atoms with Crippen LogP contribution >= 0.6 is 0 Å². The topological polar surface area (TPSA) is 85.4 Å². The number of hydrogen-bond acceptors (Lipinski definition) is 6. The third-order valence-electron chi connectivity index (χ3n) is 3.80. The lowest BCUT2D eigenvalue weighted by atomic mass is 10.2. The van der Waals surface area contributed by atoms with Crippen LogP contribution in [0.3, 0.4) is 0 Å². The van der Waals surface area contributed by atoms with Crippen molar-refractivity contribution in [2.45, 2.75) is 32.9 Å². The summed E-state index contributed by atoms with van der Waals surface area (Å²) in [5.74, 6) is 1.89. The lowest BCUT2D eigenvalue weighted by Crippen LogP contribution is -2.32. The van der Waals surface area contributed by atoms with Crippen LogP contribution < -0.4 is 20.1 Å². The number of anilines is 1. The highest BCUT2D eigenvalue weighted by atomic mass is 16.7. The van der Waals surface area contributed by atoms with Crippen LogP contribution in [0.25, 0.3) is 0 Å². The normalized spacial score (nSPS) is 13.4. The smallest absolute Gasteiger partial charge is 0.270 e. The van der Waals surface area contributed by atoms with Crippen molar-refractivity contribution in [2.75, 3.05) is 12.1 Å². The van der Waals surface area contributed by atoms with E-state index in [9.17, 15) is 4.79 Å². The molecule has 1 amide bonds. The number of rotatable bonds is 6. The quantitative estimate of drug-likeness (QED) is 0.846. The first-order valence-electron chi connectivity index (χ1n) is 7.91. The maximum atomic E-state index is 12.1. The molecule has 0 aliphatic carbocycles. The van der Waals surface area contributed by atoms with Crippen LogP contribution in [0.5, 0.6) is 11.5 Å². The Kier molecular flexibility index (Phi) is 4.79. The number of nitrogens with zero attached hydrogens (tertiary/aromatic N) is 2. The summed E-state index contributed by atoms with van der Waals surface area (Å²) >= 11 is 0. The van der Waals surface area contributed by atoms with Crippen molar-refractivity contribution in [3.63, 3.8) is 0 Å². The van der Waals surface area contributed by atoms with Gasteiger partial charge in [-0.05, 0) is 31.0 Å². The van der Waals surface area contributed by atoms with E-state index in [1.165, 1.54) is 6.33 Å². The molecule has 1 aliphatic rings. The van der Waals surface area contributed by atoms with Crippen molar-refractivity contribution in [3.05, 3.63) is 41.9 Å². The van der Waals surface area contributed by atoms with Crippen LogP contribution in [-0.4, -0.2) is 28.7 Å². The van der Waals surface area contributed by atoms with Crippen molar-refractivity contribution in [1.29, 1.82) is 0 Å². The van der Waals surface area contributed by atoms with Crippen LogP contribution in [0.1, 0.15) is 36.3 Å². The van der Waals surface area contributed by atoms with Gasteiger partial charge in [0.1, 0.15) is 17.8 Å². The van der Waals surface area contributed by atoms with E-state index < -0.39 is 0 Å². The van der Waals surface area contributed by atoms with Crippen LogP contribution in [0.2, 0.25) is 0 Å². The Labute approximate surface area is 140 Å². The number of carbonyl (C=O) groups is 1. The monoisotopic (exact) mass is 328 g/mol. The molecule has 2 N–H and O–H groups in total. The van der Waals surface area contributed by atoms with E-state index in [4.69, 9.17) is 9.47 Å². The number of nitrogens with one attached hydrogen (secondary N) is 2. The van der Waals surface area contributed by atoms with E-state index in [0.29, 0.717) is 18.1 Å². The Morgan fingerprint density at radius 2 is 2.08 bits per heavy atom. The number of benzene rings is 1. The second-order valence-electron chi connectivity index (χ2n) is 5.61. The fourth-order valence-corrected chi connectivity index (χ4v) is 2.22. The van der Waals surface area contributed by atoms with Gasteiger partial charge in [-0.25, -0.2) is 9.97 Å². The van der Waals surface area contributed by atoms with Gasteiger partial charge in [-0.1, -0.05) is 13.0 Å². The summed E-state index contributed by atoms with van der Waals surface area (Å²) in [6.45, 7) is 4.79. The summed E-state index contributed by atoms with van der Waals surface area (Å²) in [5, 5.41) is 6.07. The van der Waals surface area contributed by atoms with Gasteiger partial charge in [0.25, 0.3) is 5.91 Å². The number of ether oxygens (including phenoxy) is 2. The van der Waals surface area contributed by atoms with Gasteiger partial charge in [0, 0.05) is 18.7 Å². The molecule has 7 nitrogen and oxygen atoms in total. The molecule has 0 spiro atoms. The molecule has 1 atom stereocenters. The van der Waals surface area contributed by atoms with E-state index in [-0.39, 0.29) is 18.7 Å². The Hall–Kier alpha value is -2.83. The molecule has 2 aromatic rings. The molecule has 126 valence electrons. The van der Waals surface area contributed by atoms with E-state index in [2.05, 4.69) is 20.6 Å². The van der Waals surface area contributed by atoms with Crippen molar-refractivity contribution in [3.8, 4) is 11.5 Å². The molecule has 0 fully saturated rings. The van der Waals surface area contributed by atoms with Crippen molar-refractivity contribution in [1.82, 2.24) is 15.3 Å². The minimum atomic E-state index is -0.196. The predicted octanol–water partition coefficient (Wildman–Crippen LogP) is 2.35. The van der Waals surface area contributed by atoms with Gasteiger partial charge in [0.05, 0.1) is 0 Å². The van der Waals surface area contributed by atoms with Crippen LogP contribution in [0.4, 0.5) is 5.82 Å². The molecule has 1 aromatic carbocycles. The summed E-state index contributed by atoms with van der Waals surface area (Å²) in [6.07, 6.45) is 2.25. The molecular weight excluding hydrogens is 308 g/mol. The second kappa shape index (κ2) is 7.16. The Balaban J connectivity index is 1.63. The Morgan fingerprint density at radius 1 is 1.25 bits per heavy atom. The number of aromatic nitrogens is 2. The maximum Gasteiger partial charge on any atom is 0.270 e. The molecule has 0 saturated carbocycles. The van der Waals surface area contributed by atoms with Gasteiger partial charge >= 0.3 is 0 Å². The number of fused-ring (bicyclic) bond motifs is 1. The Bertz CT molecular complexity index is 736. The second-order valence-corrected chi connectivity index (χ2v) is 5.61. The lowest BCUT2D eigenvalue weighted by Gasteiger charge is -2.11. The zero-order chi connectivity index (χ0) is 16.9. The van der Waals surface area contributed by atoms with Gasteiger partial charge in [-0.2, -0.15) is 0 Å². The van der Waals surface area contributed by atoms with E-state index in [0.717, 1.165) is 23.5 Å². The van der Waals surface area contributed by atoms with E-state index in [1.807, 2.05) is 32.0 Å².